The van der Waals surface area contributed by atoms with E-state index in [4.69, 9.17) is 21.1 Å². The van der Waals surface area contributed by atoms with Gasteiger partial charge in [0.25, 0.3) is 5.91 Å². The van der Waals surface area contributed by atoms with Gasteiger partial charge in [0, 0.05) is 32.7 Å². The van der Waals surface area contributed by atoms with Gasteiger partial charge >= 0.3 is 0 Å². The molecule has 2 aromatic carbocycles. The zero-order valence-corrected chi connectivity index (χ0v) is 15.2. The molecule has 1 fully saturated rings. The second kappa shape index (κ2) is 7.56. The Labute approximate surface area is 158 Å². The Kier molecular flexibility index (Phi) is 5.00. The van der Waals surface area contributed by atoms with Gasteiger partial charge in [0.1, 0.15) is 13.2 Å². The molecule has 2 heterocycles. The van der Waals surface area contributed by atoms with Crippen LogP contribution in [0.15, 0.2) is 42.5 Å². The fourth-order valence-electron chi connectivity index (χ4n) is 3.36. The molecule has 0 aromatic heterocycles. The van der Waals surface area contributed by atoms with E-state index in [1.165, 1.54) is 5.56 Å². The van der Waals surface area contributed by atoms with Crippen LogP contribution in [0.25, 0.3) is 0 Å². The molecule has 0 unspecified atom stereocenters. The summed E-state index contributed by atoms with van der Waals surface area (Å²) in [7, 11) is 0. The summed E-state index contributed by atoms with van der Waals surface area (Å²) in [6.07, 6.45) is 0. The molecule has 6 heteroatoms. The maximum atomic E-state index is 12.6. The minimum Gasteiger partial charge on any atom is -0.486 e. The fraction of sp³-hybridized carbons (Fsp3) is 0.350. The highest BCUT2D eigenvalue weighted by atomic mass is 35.5. The monoisotopic (exact) mass is 372 g/mol. The lowest BCUT2D eigenvalue weighted by Crippen LogP contribution is -2.48. The maximum absolute atomic E-state index is 12.6. The number of piperazine rings is 1. The van der Waals surface area contributed by atoms with Crippen molar-refractivity contribution >= 4 is 17.5 Å². The van der Waals surface area contributed by atoms with Crippen molar-refractivity contribution in [3.63, 3.8) is 0 Å². The number of nitrogens with zero attached hydrogens (tertiary/aromatic N) is 2. The van der Waals surface area contributed by atoms with Crippen molar-refractivity contribution in [2.75, 3.05) is 39.4 Å². The zero-order chi connectivity index (χ0) is 17.9. The number of hydrogen-bond donors (Lipinski definition) is 0. The second-order valence-corrected chi connectivity index (χ2v) is 6.93. The minimum absolute atomic E-state index is 0.00887. The molecule has 4 rings (SSSR count). The Morgan fingerprint density at radius 3 is 2.46 bits per heavy atom. The molecule has 0 spiro atoms. The molecule has 0 saturated carbocycles. The molecule has 136 valence electrons. The Morgan fingerprint density at radius 1 is 0.962 bits per heavy atom. The van der Waals surface area contributed by atoms with Crippen molar-refractivity contribution in [3.05, 3.63) is 58.6 Å². The Morgan fingerprint density at radius 2 is 1.69 bits per heavy atom. The van der Waals surface area contributed by atoms with Gasteiger partial charge in [0.15, 0.2) is 11.5 Å². The van der Waals surface area contributed by atoms with Crippen LogP contribution in [-0.4, -0.2) is 55.1 Å². The SMILES string of the molecule is O=C(c1ccccc1Cl)N1CCN(Cc2ccc3c(c2)OCCO3)CC1. The van der Waals surface area contributed by atoms with E-state index < -0.39 is 0 Å². The second-order valence-electron chi connectivity index (χ2n) is 6.53. The van der Waals surface area contributed by atoms with Crippen LogP contribution >= 0.6 is 11.6 Å². The lowest BCUT2D eigenvalue weighted by molar-refractivity contribution is 0.0628. The molecule has 0 bridgehead atoms. The average molecular weight is 373 g/mol. The summed E-state index contributed by atoms with van der Waals surface area (Å²) in [4.78, 5) is 16.9. The van der Waals surface area contributed by atoms with Gasteiger partial charge in [-0.1, -0.05) is 29.8 Å². The highest BCUT2D eigenvalue weighted by molar-refractivity contribution is 6.33. The predicted molar refractivity (Wildman–Crippen MR) is 100 cm³/mol. The number of ether oxygens (including phenoxy) is 2. The predicted octanol–water partition coefficient (Wildman–Crippen LogP) is 3.07. The maximum Gasteiger partial charge on any atom is 0.255 e. The van der Waals surface area contributed by atoms with Gasteiger partial charge in [-0.3, -0.25) is 9.69 Å². The molecule has 2 aliphatic heterocycles. The molecule has 1 saturated heterocycles. The largest absolute Gasteiger partial charge is 0.486 e. The third-order valence-electron chi connectivity index (χ3n) is 4.78. The Bertz CT molecular complexity index is 803. The summed E-state index contributed by atoms with van der Waals surface area (Å²) >= 11 is 6.15. The summed E-state index contributed by atoms with van der Waals surface area (Å²) in [5.41, 5.74) is 1.77. The molecule has 2 aliphatic rings. The van der Waals surface area contributed by atoms with E-state index in [-0.39, 0.29) is 5.91 Å². The summed E-state index contributed by atoms with van der Waals surface area (Å²) < 4.78 is 11.2. The van der Waals surface area contributed by atoms with Crippen LogP contribution in [0.5, 0.6) is 11.5 Å². The van der Waals surface area contributed by atoms with E-state index in [9.17, 15) is 4.79 Å². The molecule has 0 N–H and O–H groups in total. The Hall–Kier alpha value is -2.24. The van der Waals surface area contributed by atoms with E-state index in [0.29, 0.717) is 36.9 Å². The van der Waals surface area contributed by atoms with E-state index in [2.05, 4.69) is 17.0 Å². The minimum atomic E-state index is 0.00887. The van der Waals surface area contributed by atoms with Gasteiger partial charge < -0.3 is 14.4 Å². The smallest absolute Gasteiger partial charge is 0.255 e. The van der Waals surface area contributed by atoms with E-state index in [1.54, 1.807) is 12.1 Å². The standard InChI is InChI=1S/C20H21ClN2O3/c21-17-4-2-1-3-16(17)20(24)23-9-7-22(8-10-23)14-15-5-6-18-19(13-15)26-12-11-25-18/h1-6,13H,7-12,14H2. The molecule has 26 heavy (non-hydrogen) atoms. The number of carbonyl (C=O) groups excluding carboxylic acids is 1. The number of halogens is 1. The van der Waals surface area contributed by atoms with Crippen molar-refractivity contribution in [1.29, 1.82) is 0 Å². The van der Waals surface area contributed by atoms with E-state index >= 15 is 0 Å². The molecular formula is C20H21ClN2O3. The van der Waals surface area contributed by atoms with Crippen LogP contribution in [0.1, 0.15) is 15.9 Å². The number of carbonyl (C=O) groups is 1. The van der Waals surface area contributed by atoms with Crippen molar-refractivity contribution in [2.24, 2.45) is 0 Å². The number of hydrogen-bond acceptors (Lipinski definition) is 4. The molecule has 0 aliphatic carbocycles. The van der Waals surface area contributed by atoms with Crippen molar-refractivity contribution in [1.82, 2.24) is 9.80 Å². The van der Waals surface area contributed by atoms with Gasteiger partial charge in [-0.25, -0.2) is 0 Å². The summed E-state index contributed by atoms with van der Waals surface area (Å²) in [5, 5.41) is 0.510. The first-order valence-electron chi connectivity index (χ1n) is 8.85. The van der Waals surface area contributed by atoms with Gasteiger partial charge in [0.05, 0.1) is 10.6 Å². The quantitative estimate of drug-likeness (QED) is 0.830. The number of fused-ring (bicyclic) bond motifs is 1. The van der Waals surface area contributed by atoms with Crippen LogP contribution in [0, 0.1) is 0 Å². The normalized spacial score (nSPS) is 17.2. The first-order valence-corrected chi connectivity index (χ1v) is 9.23. The lowest BCUT2D eigenvalue weighted by Gasteiger charge is -2.35. The topological polar surface area (TPSA) is 42.0 Å². The van der Waals surface area contributed by atoms with Crippen LogP contribution < -0.4 is 9.47 Å². The zero-order valence-electron chi connectivity index (χ0n) is 14.5. The molecule has 0 atom stereocenters. The average Bonchev–Trinajstić information content (AvgIpc) is 2.68. The number of benzene rings is 2. The molecular weight excluding hydrogens is 352 g/mol. The van der Waals surface area contributed by atoms with E-state index in [1.807, 2.05) is 23.1 Å². The summed E-state index contributed by atoms with van der Waals surface area (Å²) in [6.45, 7) is 5.12. The van der Waals surface area contributed by atoms with Crippen molar-refractivity contribution < 1.29 is 14.3 Å². The van der Waals surface area contributed by atoms with Crippen LogP contribution in [0.2, 0.25) is 5.02 Å². The number of amides is 1. The highest BCUT2D eigenvalue weighted by Crippen LogP contribution is 2.31. The Balaban J connectivity index is 1.35. The molecule has 5 nitrogen and oxygen atoms in total. The van der Waals surface area contributed by atoms with Crippen molar-refractivity contribution in [3.8, 4) is 11.5 Å². The van der Waals surface area contributed by atoms with Gasteiger partial charge in [-0.2, -0.15) is 0 Å². The van der Waals surface area contributed by atoms with Crippen LogP contribution in [0.3, 0.4) is 0 Å². The third kappa shape index (κ3) is 3.64. The van der Waals surface area contributed by atoms with Gasteiger partial charge in [-0.05, 0) is 29.8 Å². The third-order valence-corrected chi connectivity index (χ3v) is 5.11. The lowest BCUT2D eigenvalue weighted by atomic mass is 10.1. The van der Waals surface area contributed by atoms with Crippen molar-refractivity contribution in [2.45, 2.75) is 6.54 Å². The molecule has 0 radical (unpaired) electrons. The van der Waals surface area contributed by atoms with Crippen LogP contribution in [0.4, 0.5) is 0 Å². The molecule has 2 aromatic rings. The van der Waals surface area contributed by atoms with Gasteiger partial charge in [0.2, 0.25) is 0 Å². The summed E-state index contributed by atoms with van der Waals surface area (Å²) in [6, 6.07) is 13.3. The number of rotatable bonds is 3. The van der Waals surface area contributed by atoms with Gasteiger partial charge in [-0.15, -0.1) is 0 Å². The van der Waals surface area contributed by atoms with Crippen LogP contribution in [-0.2, 0) is 6.54 Å². The fourth-order valence-corrected chi connectivity index (χ4v) is 3.57. The summed E-state index contributed by atoms with van der Waals surface area (Å²) in [5.74, 6) is 1.64. The first-order chi connectivity index (χ1) is 12.7. The first kappa shape index (κ1) is 17.2. The molecule has 1 amide bonds. The highest BCUT2D eigenvalue weighted by Gasteiger charge is 2.23. The van der Waals surface area contributed by atoms with E-state index in [0.717, 1.165) is 31.1 Å².